The molecule has 0 amide bonds. The summed E-state index contributed by atoms with van der Waals surface area (Å²) in [5.41, 5.74) is 4.57. The molecule has 0 bridgehead atoms. The summed E-state index contributed by atoms with van der Waals surface area (Å²) in [4.78, 5) is 22.1. The number of aromatic nitrogens is 1. The van der Waals surface area contributed by atoms with Gasteiger partial charge in [0.1, 0.15) is 0 Å². The van der Waals surface area contributed by atoms with E-state index in [1.165, 1.54) is 0 Å². The lowest BCUT2D eigenvalue weighted by Gasteiger charge is -1.96. The maximum Gasteiger partial charge on any atom is 0.325 e. The number of benzene rings is 1. The van der Waals surface area contributed by atoms with Crippen LogP contribution in [0, 0.1) is 0 Å². The highest BCUT2D eigenvalue weighted by Crippen LogP contribution is 2.13. The van der Waals surface area contributed by atoms with Gasteiger partial charge in [-0.3, -0.25) is 9.59 Å². The van der Waals surface area contributed by atoms with Gasteiger partial charge in [0.2, 0.25) is 0 Å². The smallest absolute Gasteiger partial charge is 0.325 e. The van der Waals surface area contributed by atoms with E-state index in [2.05, 4.69) is 0 Å². The van der Waals surface area contributed by atoms with E-state index in [0.717, 1.165) is 0 Å². The van der Waals surface area contributed by atoms with Gasteiger partial charge < -0.3 is 10.3 Å². The maximum absolute atomic E-state index is 11.3. The van der Waals surface area contributed by atoms with E-state index in [1.807, 2.05) is 5.16 Å². The third-order valence-corrected chi connectivity index (χ3v) is 1.75. The van der Waals surface area contributed by atoms with Crippen LogP contribution in [-0.4, -0.2) is 5.16 Å². The van der Waals surface area contributed by atoms with Crippen LogP contribution in [0.3, 0.4) is 0 Å². The van der Waals surface area contributed by atoms with Crippen molar-refractivity contribution >= 4 is 16.7 Å². The number of anilines is 1. The minimum Gasteiger partial charge on any atom is -0.398 e. The average molecular weight is 178 g/mol. The highest BCUT2D eigenvalue weighted by molar-refractivity contribution is 5.87. The summed E-state index contributed by atoms with van der Waals surface area (Å²) in [5.74, 6) is 0. The van der Waals surface area contributed by atoms with E-state index >= 15 is 0 Å². The number of nitrogens with one attached hydrogen (secondary N) is 1. The molecule has 1 aromatic carbocycles. The lowest BCUT2D eigenvalue weighted by atomic mass is 10.2. The maximum atomic E-state index is 11.3. The van der Waals surface area contributed by atoms with Crippen molar-refractivity contribution in [2.75, 3.05) is 5.73 Å². The van der Waals surface area contributed by atoms with Crippen molar-refractivity contribution in [2.45, 2.75) is 0 Å². The Balaban J connectivity index is 3.15. The number of nitrogens with two attached hydrogens (primary N) is 1. The highest BCUT2D eigenvalue weighted by Gasteiger charge is 2.06. The van der Waals surface area contributed by atoms with Gasteiger partial charge in [-0.1, -0.05) is 6.07 Å². The second-order valence-electron chi connectivity index (χ2n) is 2.58. The number of nitrogen functional groups attached to an aromatic ring is 1. The quantitative estimate of drug-likeness (QED) is 0.441. The Morgan fingerprint density at radius 3 is 2.85 bits per heavy atom. The minimum atomic E-state index is -0.801. The van der Waals surface area contributed by atoms with Gasteiger partial charge in [0, 0.05) is 5.69 Å². The Labute approximate surface area is 71.8 Å². The van der Waals surface area contributed by atoms with Crippen LogP contribution in [0.4, 0.5) is 5.69 Å². The fraction of sp³-hybridized carbons (Fsp3) is 0. The molecule has 0 aliphatic heterocycles. The molecule has 0 unspecified atom stereocenters. The zero-order chi connectivity index (χ0) is 9.42. The van der Waals surface area contributed by atoms with Gasteiger partial charge in [-0.2, -0.15) is 5.16 Å². The van der Waals surface area contributed by atoms with E-state index in [0.29, 0.717) is 0 Å². The Bertz CT molecular complexity index is 567. The molecule has 0 aliphatic rings. The van der Waals surface area contributed by atoms with E-state index in [9.17, 15) is 9.59 Å². The number of H-pyrrole nitrogens is 1. The Morgan fingerprint density at radius 1 is 1.31 bits per heavy atom. The number of hydrogen-bond acceptors (Lipinski definition) is 4. The van der Waals surface area contributed by atoms with Crippen molar-refractivity contribution in [3.8, 4) is 0 Å². The van der Waals surface area contributed by atoms with Crippen molar-refractivity contribution in [1.82, 2.24) is 5.16 Å². The Morgan fingerprint density at radius 2 is 2.08 bits per heavy atom. The first-order valence-corrected chi connectivity index (χ1v) is 3.60. The highest BCUT2D eigenvalue weighted by atomic mass is 16.5. The average Bonchev–Trinajstić information content (AvgIpc) is 2.12. The molecule has 1 heterocycles. The fourth-order valence-corrected chi connectivity index (χ4v) is 1.14. The molecule has 0 radical (unpaired) electrons. The zero-order valence-corrected chi connectivity index (χ0v) is 6.53. The van der Waals surface area contributed by atoms with Gasteiger partial charge in [0.15, 0.2) is 5.58 Å². The van der Waals surface area contributed by atoms with Crippen LogP contribution < -0.4 is 16.7 Å². The first kappa shape index (κ1) is 7.60. The van der Waals surface area contributed by atoms with Gasteiger partial charge in [0.25, 0.3) is 5.43 Å². The normalized spacial score (nSPS) is 10.5. The molecule has 1 aromatic heterocycles. The van der Waals surface area contributed by atoms with Crippen LogP contribution in [0.25, 0.3) is 11.0 Å². The number of aromatic amines is 1. The molecule has 2 rings (SSSR count). The summed E-state index contributed by atoms with van der Waals surface area (Å²) >= 11 is 0. The van der Waals surface area contributed by atoms with Crippen LogP contribution in [0.15, 0.2) is 32.3 Å². The van der Waals surface area contributed by atoms with Crippen LogP contribution in [0.2, 0.25) is 0 Å². The van der Waals surface area contributed by atoms with Crippen molar-refractivity contribution in [1.29, 1.82) is 0 Å². The molecule has 0 saturated carbocycles. The summed E-state index contributed by atoms with van der Waals surface area (Å²) in [5, 5.41) is 2.10. The molecular formula is C8H6N2O3. The van der Waals surface area contributed by atoms with E-state index in [1.54, 1.807) is 18.2 Å². The lowest BCUT2D eigenvalue weighted by Crippen LogP contribution is -2.26. The number of rotatable bonds is 0. The van der Waals surface area contributed by atoms with Crippen molar-refractivity contribution in [2.24, 2.45) is 0 Å². The summed E-state index contributed by atoms with van der Waals surface area (Å²) in [6, 6.07) is 4.74. The van der Waals surface area contributed by atoms with Gasteiger partial charge in [-0.15, -0.1) is 0 Å². The molecule has 2 aromatic rings. The van der Waals surface area contributed by atoms with Gasteiger partial charge in [-0.05, 0) is 12.1 Å². The Kier molecular flexibility index (Phi) is 1.45. The monoisotopic (exact) mass is 178 g/mol. The standard InChI is InChI=1S/C8H6N2O3/c9-4-2-1-3-5-6(4)7(11)8(12)10-13-5/h1-3H,9H2,(H,10,12). The van der Waals surface area contributed by atoms with Crippen LogP contribution in [0.5, 0.6) is 0 Å². The van der Waals surface area contributed by atoms with Gasteiger partial charge in [0.05, 0.1) is 5.39 Å². The topological polar surface area (TPSA) is 89.1 Å². The van der Waals surface area contributed by atoms with E-state index in [4.69, 9.17) is 10.3 Å². The second-order valence-corrected chi connectivity index (χ2v) is 2.58. The molecule has 3 N–H and O–H groups in total. The van der Waals surface area contributed by atoms with Crippen LogP contribution >= 0.6 is 0 Å². The lowest BCUT2D eigenvalue weighted by molar-refractivity contribution is 0.430. The summed E-state index contributed by atoms with van der Waals surface area (Å²) in [6.07, 6.45) is 0. The van der Waals surface area contributed by atoms with Crippen molar-refractivity contribution < 1.29 is 4.52 Å². The second kappa shape index (κ2) is 2.48. The van der Waals surface area contributed by atoms with Crippen LogP contribution in [-0.2, 0) is 0 Å². The molecule has 13 heavy (non-hydrogen) atoms. The van der Waals surface area contributed by atoms with E-state index in [-0.39, 0.29) is 16.7 Å². The molecule has 0 aliphatic carbocycles. The Hall–Kier alpha value is -2.04. The van der Waals surface area contributed by atoms with Gasteiger partial charge >= 0.3 is 5.56 Å². The third-order valence-electron chi connectivity index (χ3n) is 1.75. The summed E-state index contributed by atoms with van der Waals surface area (Å²) in [7, 11) is 0. The fourth-order valence-electron chi connectivity index (χ4n) is 1.14. The molecule has 5 nitrogen and oxygen atoms in total. The number of hydrogen-bond donors (Lipinski definition) is 2. The first-order chi connectivity index (χ1) is 6.20. The van der Waals surface area contributed by atoms with E-state index < -0.39 is 11.0 Å². The SMILES string of the molecule is Nc1cccc2o[nH]c(=O)c(=O)c12. The summed E-state index contributed by atoms with van der Waals surface area (Å²) < 4.78 is 4.79. The predicted octanol–water partition coefficient (Wildman–Crippen LogP) is 0.0635. The summed E-state index contributed by atoms with van der Waals surface area (Å²) in [6.45, 7) is 0. The molecule has 0 spiro atoms. The predicted molar refractivity (Wildman–Crippen MR) is 47.5 cm³/mol. The first-order valence-electron chi connectivity index (χ1n) is 3.60. The third kappa shape index (κ3) is 1.01. The van der Waals surface area contributed by atoms with Crippen molar-refractivity contribution in [3.63, 3.8) is 0 Å². The minimum absolute atomic E-state index is 0.131. The molecule has 0 saturated heterocycles. The largest absolute Gasteiger partial charge is 0.398 e. The molecule has 5 heteroatoms. The molecule has 66 valence electrons. The van der Waals surface area contributed by atoms with Crippen molar-refractivity contribution in [3.05, 3.63) is 38.8 Å². The zero-order valence-electron chi connectivity index (χ0n) is 6.53. The molecular weight excluding hydrogens is 172 g/mol. The molecule has 0 atom stereocenters. The number of fused-ring (bicyclic) bond motifs is 1. The van der Waals surface area contributed by atoms with Gasteiger partial charge in [-0.25, -0.2) is 0 Å². The molecule has 0 fully saturated rings. The van der Waals surface area contributed by atoms with Crippen LogP contribution in [0.1, 0.15) is 0 Å².